The first kappa shape index (κ1) is 12.9. The Kier molecular flexibility index (Phi) is 2.87. The largest absolute Gasteiger partial charge is 0.372 e. The van der Waals surface area contributed by atoms with Gasteiger partial charge in [-0.1, -0.05) is 56.3 Å². The predicted octanol–water partition coefficient (Wildman–Crippen LogP) is 3.00. The molecule has 1 unspecified atom stereocenters. The molecule has 1 heterocycles. The fourth-order valence-electron chi connectivity index (χ4n) is 2.64. The Balaban J connectivity index is 2.10. The second-order valence-electron chi connectivity index (χ2n) is 5.49. The minimum atomic E-state index is -1.59. The van der Waals surface area contributed by atoms with Crippen LogP contribution in [0.15, 0.2) is 48.5 Å². The molecule has 2 N–H and O–H groups in total. The van der Waals surface area contributed by atoms with Crippen molar-refractivity contribution in [2.75, 3.05) is 5.32 Å². The molecule has 3 rings (SSSR count). The Morgan fingerprint density at radius 3 is 2.35 bits per heavy atom. The molecule has 0 saturated heterocycles. The van der Waals surface area contributed by atoms with Crippen molar-refractivity contribution in [2.24, 2.45) is 0 Å². The van der Waals surface area contributed by atoms with E-state index in [0.29, 0.717) is 22.7 Å². The van der Waals surface area contributed by atoms with E-state index in [-0.39, 0.29) is 0 Å². The molecule has 2 aromatic carbocycles. The maximum atomic E-state index is 12.2. The average molecular weight is 267 g/mol. The van der Waals surface area contributed by atoms with Gasteiger partial charge in [0.25, 0.3) is 5.91 Å². The van der Waals surface area contributed by atoms with E-state index in [1.54, 1.807) is 12.1 Å². The molecule has 0 radical (unpaired) electrons. The van der Waals surface area contributed by atoms with E-state index < -0.39 is 11.5 Å². The van der Waals surface area contributed by atoms with E-state index >= 15 is 0 Å². The highest BCUT2D eigenvalue weighted by Gasteiger charge is 2.46. The van der Waals surface area contributed by atoms with E-state index in [0.717, 1.165) is 0 Å². The van der Waals surface area contributed by atoms with Crippen LogP contribution >= 0.6 is 0 Å². The van der Waals surface area contributed by atoms with Crippen molar-refractivity contribution < 1.29 is 9.90 Å². The summed E-state index contributed by atoms with van der Waals surface area (Å²) in [7, 11) is 0. The molecule has 3 heteroatoms. The minimum Gasteiger partial charge on any atom is -0.372 e. The number of hydrogen-bond donors (Lipinski definition) is 2. The molecule has 1 atom stereocenters. The number of fused-ring (bicyclic) bond motifs is 1. The van der Waals surface area contributed by atoms with Crippen molar-refractivity contribution in [3.05, 3.63) is 65.2 Å². The van der Waals surface area contributed by atoms with Gasteiger partial charge in [0.05, 0.1) is 0 Å². The first-order valence-corrected chi connectivity index (χ1v) is 6.77. The molecule has 0 saturated carbocycles. The first-order valence-electron chi connectivity index (χ1n) is 6.77. The molecule has 0 bridgehead atoms. The number of para-hydroxylation sites is 1. The van der Waals surface area contributed by atoms with Gasteiger partial charge in [-0.2, -0.15) is 0 Å². The summed E-state index contributed by atoms with van der Waals surface area (Å²) in [4.78, 5) is 12.2. The van der Waals surface area contributed by atoms with E-state index in [1.807, 2.05) is 36.4 Å². The SMILES string of the molecule is CC(C)c1ccc(C2(O)C(=O)Nc3ccccc32)cc1. The van der Waals surface area contributed by atoms with Gasteiger partial charge >= 0.3 is 0 Å². The third kappa shape index (κ3) is 1.74. The van der Waals surface area contributed by atoms with Crippen LogP contribution in [-0.4, -0.2) is 11.0 Å². The number of benzene rings is 2. The van der Waals surface area contributed by atoms with E-state index in [1.165, 1.54) is 5.56 Å². The highest BCUT2D eigenvalue weighted by Crippen LogP contribution is 2.40. The number of aliphatic hydroxyl groups is 1. The second kappa shape index (κ2) is 4.46. The number of carbonyl (C=O) groups is 1. The minimum absolute atomic E-state index is 0.393. The van der Waals surface area contributed by atoms with Crippen molar-refractivity contribution in [3.63, 3.8) is 0 Å². The summed E-state index contributed by atoms with van der Waals surface area (Å²) in [5.41, 5.74) is 1.48. The summed E-state index contributed by atoms with van der Waals surface area (Å²) < 4.78 is 0. The normalized spacial score (nSPS) is 20.9. The summed E-state index contributed by atoms with van der Waals surface area (Å²) in [6.07, 6.45) is 0. The summed E-state index contributed by atoms with van der Waals surface area (Å²) in [5.74, 6) is 0.0272. The van der Waals surface area contributed by atoms with Crippen LogP contribution in [0.3, 0.4) is 0 Å². The van der Waals surface area contributed by atoms with Crippen LogP contribution in [0.4, 0.5) is 5.69 Å². The maximum absolute atomic E-state index is 12.2. The third-order valence-electron chi connectivity index (χ3n) is 3.89. The Morgan fingerprint density at radius 2 is 1.70 bits per heavy atom. The van der Waals surface area contributed by atoms with Crippen LogP contribution in [0.1, 0.15) is 36.5 Å². The topological polar surface area (TPSA) is 49.3 Å². The molecule has 3 nitrogen and oxygen atoms in total. The summed E-state index contributed by atoms with van der Waals surface area (Å²) in [5, 5.41) is 13.6. The van der Waals surface area contributed by atoms with Crippen molar-refractivity contribution in [1.29, 1.82) is 0 Å². The molecule has 0 spiro atoms. The zero-order chi connectivity index (χ0) is 14.3. The van der Waals surface area contributed by atoms with Crippen LogP contribution in [-0.2, 0) is 10.4 Å². The lowest BCUT2D eigenvalue weighted by Crippen LogP contribution is -2.35. The number of hydrogen-bond acceptors (Lipinski definition) is 2. The van der Waals surface area contributed by atoms with Crippen molar-refractivity contribution >= 4 is 11.6 Å². The number of carbonyl (C=O) groups excluding carboxylic acids is 1. The number of rotatable bonds is 2. The van der Waals surface area contributed by atoms with E-state index in [4.69, 9.17) is 0 Å². The van der Waals surface area contributed by atoms with Crippen molar-refractivity contribution in [1.82, 2.24) is 0 Å². The fraction of sp³-hybridized carbons (Fsp3) is 0.235. The molecule has 1 amide bonds. The molecule has 0 aromatic heterocycles. The molecule has 102 valence electrons. The maximum Gasteiger partial charge on any atom is 0.265 e. The van der Waals surface area contributed by atoms with Gasteiger partial charge < -0.3 is 10.4 Å². The van der Waals surface area contributed by atoms with Gasteiger partial charge in [-0.05, 0) is 23.1 Å². The Bertz CT molecular complexity index is 661. The molecular formula is C17H17NO2. The zero-order valence-electron chi connectivity index (χ0n) is 11.6. The molecule has 20 heavy (non-hydrogen) atoms. The number of amides is 1. The van der Waals surface area contributed by atoms with Gasteiger partial charge in [0, 0.05) is 11.3 Å². The smallest absolute Gasteiger partial charge is 0.265 e. The van der Waals surface area contributed by atoms with Crippen LogP contribution in [0, 0.1) is 0 Å². The zero-order valence-corrected chi connectivity index (χ0v) is 11.6. The highest BCUT2D eigenvalue weighted by atomic mass is 16.3. The van der Waals surface area contributed by atoms with Gasteiger partial charge in [-0.25, -0.2) is 0 Å². The third-order valence-corrected chi connectivity index (χ3v) is 3.89. The van der Waals surface area contributed by atoms with Crippen LogP contribution in [0.25, 0.3) is 0 Å². The Hall–Kier alpha value is -2.13. The summed E-state index contributed by atoms with van der Waals surface area (Å²) >= 11 is 0. The molecule has 2 aromatic rings. The van der Waals surface area contributed by atoms with Crippen LogP contribution in [0.2, 0.25) is 0 Å². The Morgan fingerprint density at radius 1 is 1.05 bits per heavy atom. The van der Waals surface area contributed by atoms with Crippen LogP contribution < -0.4 is 5.32 Å². The average Bonchev–Trinajstić information content (AvgIpc) is 2.72. The lowest BCUT2D eigenvalue weighted by Gasteiger charge is -2.22. The standard InChI is InChI=1S/C17H17NO2/c1-11(2)12-7-9-13(10-8-12)17(20)14-5-3-4-6-15(14)18-16(17)19/h3-11,20H,1-2H3,(H,18,19). The number of nitrogens with one attached hydrogen (secondary N) is 1. The van der Waals surface area contributed by atoms with Gasteiger partial charge in [-0.3, -0.25) is 4.79 Å². The predicted molar refractivity (Wildman–Crippen MR) is 78.6 cm³/mol. The quantitative estimate of drug-likeness (QED) is 0.878. The van der Waals surface area contributed by atoms with Crippen molar-refractivity contribution in [2.45, 2.75) is 25.4 Å². The van der Waals surface area contributed by atoms with Gasteiger partial charge in [-0.15, -0.1) is 0 Å². The molecule has 1 aliphatic rings. The monoisotopic (exact) mass is 267 g/mol. The summed E-state index contributed by atoms with van der Waals surface area (Å²) in [6.45, 7) is 4.22. The van der Waals surface area contributed by atoms with Gasteiger partial charge in [0.1, 0.15) is 0 Å². The second-order valence-corrected chi connectivity index (χ2v) is 5.49. The number of anilines is 1. The lowest BCUT2D eigenvalue weighted by atomic mass is 9.86. The molecular weight excluding hydrogens is 250 g/mol. The lowest BCUT2D eigenvalue weighted by molar-refractivity contribution is -0.129. The first-order chi connectivity index (χ1) is 9.53. The van der Waals surface area contributed by atoms with Crippen LogP contribution in [0.5, 0.6) is 0 Å². The molecule has 0 aliphatic carbocycles. The van der Waals surface area contributed by atoms with Gasteiger partial charge in [0.15, 0.2) is 5.60 Å². The highest BCUT2D eigenvalue weighted by molar-refractivity contribution is 6.07. The molecule has 1 aliphatic heterocycles. The fourth-order valence-corrected chi connectivity index (χ4v) is 2.64. The van der Waals surface area contributed by atoms with E-state index in [2.05, 4.69) is 19.2 Å². The van der Waals surface area contributed by atoms with Gasteiger partial charge in [0.2, 0.25) is 0 Å². The Labute approximate surface area is 118 Å². The summed E-state index contributed by atoms with van der Waals surface area (Å²) in [6, 6.07) is 14.8. The van der Waals surface area contributed by atoms with E-state index in [9.17, 15) is 9.90 Å². The van der Waals surface area contributed by atoms with Crippen molar-refractivity contribution in [3.8, 4) is 0 Å². The molecule has 0 fully saturated rings.